The third-order valence-corrected chi connectivity index (χ3v) is 3.91. The van der Waals surface area contributed by atoms with Gasteiger partial charge in [-0.3, -0.25) is 14.2 Å². The number of amides is 1. The van der Waals surface area contributed by atoms with Crippen LogP contribution in [0.2, 0.25) is 5.02 Å². The van der Waals surface area contributed by atoms with E-state index in [1.54, 1.807) is 0 Å². The van der Waals surface area contributed by atoms with Crippen LogP contribution in [0.25, 0.3) is 0 Å². The Bertz CT molecular complexity index is 874. The van der Waals surface area contributed by atoms with Crippen LogP contribution in [0.3, 0.4) is 0 Å². The summed E-state index contributed by atoms with van der Waals surface area (Å²) in [5, 5.41) is 11.9. The fraction of sp³-hybridized carbons (Fsp3) is 0.188. The van der Waals surface area contributed by atoms with Gasteiger partial charge >= 0.3 is 5.97 Å². The van der Waals surface area contributed by atoms with Crippen molar-refractivity contribution < 1.29 is 14.7 Å². The molecule has 0 saturated heterocycles. The maximum atomic E-state index is 12.4. The SMILES string of the molecule is CC(C)(C(=O)O)n1cccc(NC(=O)c2ccc(N)c(Cl)c2)c1=O. The summed E-state index contributed by atoms with van der Waals surface area (Å²) in [6.45, 7) is 2.78. The van der Waals surface area contributed by atoms with E-state index in [1.807, 2.05) is 0 Å². The summed E-state index contributed by atoms with van der Waals surface area (Å²) in [6, 6.07) is 7.22. The fourth-order valence-electron chi connectivity index (χ4n) is 2.00. The van der Waals surface area contributed by atoms with E-state index in [0.29, 0.717) is 5.69 Å². The standard InChI is InChI=1S/C16H16ClN3O4/c1-16(2,15(23)24)20-7-3-4-12(14(20)22)19-13(21)9-5-6-11(18)10(17)8-9/h3-8H,18H2,1-2H3,(H,19,21)(H,23,24). The smallest absolute Gasteiger partial charge is 0.329 e. The van der Waals surface area contributed by atoms with Gasteiger partial charge in [-0.15, -0.1) is 0 Å². The number of pyridine rings is 1. The molecule has 0 unspecified atom stereocenters. The largest absolute Gasteiger partial charge is 0.480 e. The van der Waals surface area contributed by atoms with E-state index >= 15 is 0 Å². The predicted octanol–water partition coefficient (Wildman–Crippen LogP) is 2.16. The summed E-state index contributed by atoms with van der Waals surface area (Å²) in [7, 11) is 0. The molecule has 1 aromatic heterocycles. The Kier molecular flexibility index (Phi) is 4.66. The molecule has 0 aliphatic rings. The molecule has 8 heteroatoms. The van der Waals surface area contributed by atoms with Gasteiger partial charge in [-0.1, -0.05) is 11.6 Å². The van der Waals surface area contributed by atoms with Crippen molar-refractivity contribution in [2.75, 3.05) is 11.1 Å². The highest BCUT2D eigenvalue weighted by Gasteiger charge is 2.30. The maximum absolute atomic E-state index is 12.4. The van der Waals surface area contributed by atoms with Crippen LogP contribution in [0.5, 0.6) is 0 Å². The van der Waals surface area contributed by atoms with Crippen LogP contribution in [0.4, 0.5) is 11.4 Å². The van der Waals surface area contributed by atoms with Crippen LogP contribution in [0.1, 0.15) is 24.2 Å². The fourth-order valence-corrected chi connectivity index (χ4v) is 2.18. The molecule has 0 saturated carbocycles. The zero-order valence-corrected chi connectivity index (χ0v) is 13.8. The average Bonchev–Trinajstić information content (AvgIpc) is 2.51. The van der Waals surface area contributed by atoms with E-state index in [2.05, 4.69) is 5.32 Å². The number of anilines is 2. The van der Waals surface area contributed by atoms with Gasteiger partial charge in [0.15, 0.2) is 0 Å². The van der Waals surface area contributed by atoms with E-state index in [4.69, 9.17) is 17.3 Å². The first-order chi connectivity index (χ1) is 11.1. The quantitative estimate of drug-likeness (QED) is 0.732. The van der Waals surface area contributed by atoms with Gasteiger partial charge < -0.3 is 16.2 Å². The van der Waals surface area contributed by atoms with Gasteiger partial charge in [-0.25, -0.2) is 4.79 Å². The molecule has 0 fully saturated rings. The van der Waals surface area contributed by atoms with Gasteiger partial charge in [0.25, 0.3) is 11.5 Å². The minimum absolute atomic E-state index is 0.0372. The highest BCUT2D eigenvalue weighted by molar-refractivity contribution is 6.33. The number of hydrogen-bond donors (Lipinski definition) is 3. The van der Waals surface area contributed by atoms with Crippen molar-refractivity contribution in [1.82, 2.24) is 4.57 Å². The van der Waals surface area contributed by atoms with Crippen LogP contribution in [0, 0.1) is 0 Å². The van der Waals surface area contributed by atoms with E-state index in [9.17, 15) is 19.5 Å². The Morgan fingerprint density at radius 1 is 1.29 bits per heavy atom. The molecule has 1 amide bonds. The van der Waals surface area contributed by atoms with Gasteiger partial charge in [-0.05, 0) is 44.2 Å². The Balaban J connectivity index is 2.37. The minimum atomic E-state index is -1.46. The van der Waals surface area contributed by atoms with Crippen LogP contribution in [-0.2, 0) is 10.3 Å². The van der Waals surface area contributed by atoms with E-state index in [-0.39, 0.29) is 16.3 Å². The molecule has 2 aromatic rings. The number of benzene rings is 1. The van der Waals surface area contributed by atoms with Gasteiger partial charge in [0.1, 0.15) is 11.2 Å². The molecule has 0 atom stereocenters. The summed E-state index contributed by atoms with van der Waals surface area (Å²) in [6.07, 6.45) is 1.35. The molecule has 0 bridgehead atoms. The van der Waals surface area contributed by atoms with E-state index in [0.717, 1.165) is 4.57 Å². The second-order valence-corrected chi connectivity index (χ2v) is 6.06. The first-order valence-electron chi connectivity index (χ1n) is 6.96. The van der Waals surface area contributed by atoms with Crippen molar-refractivity contribution in [3.8, 4) is 0 Å². The first kappa shape index (κ1) is 17.6. The number of nitrogens with two attached hydrogens (primary N) is 1. The average molecular weight is 350 g/mol. The number of aliphatic carboxylic acids is 1. The molecule has 2 rings (SSSR count). The number of carboxylic acids is 1. The number of nitrogens with one attached hydrogen (secondary N) is 1. The molecule has 0 aliphatic heterocycles. The third-order valence-electron chi connectivity index (χ3n) is 3.58. The second-order valence-electron chi connectivity index (χ2n) is 5.65. The molecular formula is C16H16ClN3O4. The number of aromatic nitrogens is 1. The lowest BCUT2D eigenvalue weighted by molar-refractivity contribution is -0.145. The van der Waals surface area contributed by atoms with Crippen LogP contribution >= 0.6 is 11.6 Å². The lowest BCUT2D eigenvalue weighted by Crippen LogP contribution is -2.43. The van der Waals surface area contributed by atoms with Crippen LogP contribution < -0.4 is 16.6 Å². The normalized spacial score (nSPS) is 11.1. The molecule has 4 N–H and O–H groups in total. The number of carboxylic acid groups (broad SMARTS) is 1. The zero-order valence-electron chi connectivity index (χ0n) is 13.0. The van der Waals surface area contributed by atoms with E-state index < -0.39 is 23.0 Å². The number of nitrogens with zero attached hydrogens (tertiary/aromatic N) is 1. The van der Waals surface area contributed by atoms with Gasteiger partial charge in [0.05, 0.1) is 10.7 Å². The third kappa shape index (κ3) is 3.26. The lowest BCUT2D eigenvalue weighted by Gasteiger charge is -2.23. The Morgan fingerprint density at radius 2 is 1.96 bits per heavy atom. The van der Waals surface area contributed by atoms with Gasteiger partial charge in [-0.2, -0.15) is 0 Å². The lowest BCUT2D eigenvalue weighted by atomic mass is 10.1. The molecule has 1 heterocycles. The molecule has 1 aromatic carbocycles. The van der Waals surface area contributed by atoms with Crippen LogP contribution in [0.15, 0.2) is 41.3 Å². The zero-order chi connectivity index (χ0) is 18.1. The number of rotatable bonds is 4. The molecule has 0 radical (unpaired) electrons. The van der Waals surface area contributed by atoms with Crippen molar-refractivity contribution in [2.45, 2.75) is 19.4 Å². The number of carbonyl (C=O) groups is 2. The number of hydrogen-bond acceptors (Lipinski definition) is 4. The molecule has 0 spiro atoms. The number of carbonyl (C=O) groups excluding carboxylic acids is 1. The van der Waals surface area contributed by atoms with Gasteiger partial charge in [0.2, 0.25) is 0 Å². The topological polar surface area (TPSA) is 114 Å². The monoisotopic (exact) mass is 349 g/mol. The molecule has 126 valence electrons. The first-order valence-corrected chi connectivity index (χ1v) is 7.34. The highest BCUT2D eigenvalue weighted by Crippen LogP contribution is 2.20. The molecule has 24 heavy (non-hydrogen) atoms. The summed E-state index contributed by atoms with van der Waals surface area (Å²) in [5.74, 6) is -1.72. The number of nitrogen functional groups attached to an aromatic ring is 1. The molecular weight excluding hydrogens is 334 g/mol. The van der Waals surface area contributed by atoms with Crippen molar-refractivity contribution in [2.24, 2.45) is 0 Å². The van der Waals surface area contributed by atoms with Gasteiger partial charge in [0, 0.05) is 11.8 Å². The highest BCUT2D eigenvalue weighted by atomic mass is 35.5. The minimum Gasteiger partial charge on any atom is -0.480 e. The predicted molar refractivity (Wildman–Crippen MR) is 91.5 cm³/mol. The summed E-state index contributed by atoms with van der Waals surface area (Å²) < 4.78 is 1.04. The Hall–Kier alpha value is -2.80. The number of halogens is 1. The Labute approximate surface area is 142 Å². The van der Waals surface area contributed by atoms with E-state index in [1.165, 1.54) is 50.4 Å². The maximum Gasteiger partial charge on any atom is 0.329 e. The second kappa shape index (κ2) is 6.37. The molecule has 7 nitrogen and oxygen atoms in total. The summed E-state index contributed by atoms with van der Waals surface area (Å²) >= 11 is 5.88. The van der Waals surface area contributed by atoms with Crippen molar-refractivity contribution in [3.05, 3.63) is 57.5 Å². The van der Waals surface area contributed by atoms with Crippen LogP contribution in [-0.4, -0.2) is 21.6 Å². The summed E-state index contributed by atoms with van der Waals surface area (Å²) in [5.41, 5.74) is 4.03. The Morgan fingerprint density at radius 3 is 2.54 bits per heavy atom. The van der Waals surface area contributed by atoms with Crippen molar-refractivity contribution in [3.63, 3.8) is 0 Å². The van der Waals surface area contributed by atoms with Crippen molar-refractivity contribution >= 4 is 34.9 Å². The summed E-state index contributed by atoms with van der Waals surface area (Å²) in [4.78, 5) is 36.0. The molecule has 0 aliphatic carbocycles. The van der Waals surface area contributed by atoms with Crippen molar-refractivity contribution in [1.29, 1.82) is 0 Å².